The molecule has 5 nitrogen and oxygen atoms in total. The molecule has 4 rings (SSSR count). The van der Waals surface area contributed by atoms with Crippen LogP contribution in [0.5, 0.6) is 0 Å². The SMILES string of the molecule is O=C(c1cc(-c2ccccc2)on1)N1CCN(Cc2cccc(F)c2F)CC1. The summed E-state index contributed by atoms with van der Waals surface area (Å²) in [6, 6.07) is 15.3. The zero-order chi connectivity index (χ0) is 19.5. The van der Waals surface area contributed by atoms with Gasteiger partial charge < -0.3 is 9.42 Å². The minimum atomic E-state index is -0.841. The summed E-state index contributed by atoms with van der Waals surface area (Å²) in [5, 5.41) is 3.90. The normalized spacial score (nSPS) is 15.0. The monoisotopic (exact) mass is 383 g/mol. The van der Waals surface area contributed by atoms with Gasteiger partial charge in [0.05, 0.1) is 0 Å². The van der Waals surface area contributed by atoms with Crippen molar-refractivity contribution in [3.05, 3.63) is 77.5 Å². The Labute approximate surface area is 161 Å². The minimum Gasteiger partial charge on any atom is -0.355 e. The van der Waals surface area contributed by atoms with Crippen molar-refractivity contribution < 1.29 is 18.1 Å². The van der Waals surface area contributed by atoms with Crippen LogP contribution in [0.4, 0.5) is 8.78 Å². The van der Waals surface area contributed by atoms with Crippen LogP contribution in [0.2, 0.25) is 0 Å². The van der Waals surface area contributed by atoms with E-state index in [4.69, 9.17) is 4.52 Å². The van der Waals surface area contributed by atoms with Crippen molar-refractivity contribution in [3.8, 4) is 11.3 Å². The summed E-state index contributed by atoms with van der Waals surface area (Å²) in [4.78, 5) is 16.4. The molecule has 2 aromatic carbocycles. The van der Waals surface area contributed by atoms with Crippen LogP contribution in [0.1, 0.15) is 16.1 Å². The van der Waals surface area contributed by atoms with Crippen LogP contribution in [-0.2, 0) is 6.54 Å². The number of hydrogen-bond acceptors (Lipinski definition) is 4. The highest BCUT2D eigenvalue weighted by Crippen LogP contribution is 2.21. The van der Waals surface area contributed by atoms with E-state index < -0.39 is 11.6 Å². The van der Waals surface area contributed by atoms with E-state index in [1.807, 2.05) is 35.2 Å². The van der Waals surface area contributed by atoms with Crippen molar-refractivity contribution in [3.63, 3.8) is 0 Å². The Bertz CT molecular complexity index is 967. The second kappa shape index (κ2) is 7.90. The molecule has 0 bridgehead atoms. The lowest BCUT2D eigenvalue weighted by atomic mass is 10.1. The van der Waals surface area contributed by atoms with Gasteiger partial charge in [-0.15, -0.1) is 0 Å². The fraction of sp³-hybridized carbons (Fsp3) is 0.238. The van der Waals surface area contributed by atoms with Crippen molar-refractivity contribution in [1.82, 2.24) is 15.0 Å². The molecule has 1 saturated heterocycles. The standard InChI is InChI=1S/C21H19F2N3O2/c22-17-8-4-7-16(20(17)23)14-25-9-11-26(12-10-25)21(27)18-13-19(28-24-18)15-5-2-1-3-6-15/h1-8,13H,9-12,14H2. The highest BCUT2D eigenvalue weighted by molar-refractivity contribution is 5.93. The topological polar surface area (TPSA) is 49.6 Å². The van der Waals surface area contributed by atoms with Crippen LogP contribution in [0, 0.1) is 11.6 Å². The largest absolute Gasteiger partial charge is 0.355 e. The number of carbonyl (C=O) groups is 1. The van der Waals surface area contributed by atoms with Gasteiger partial charge in [0, 0.05) is 49.9 Å². The van der Waals surface area contributed by atoms with Crippen LogP contribution in [0.15, 0.2) is 59.1 Å². The highest BCUT2D eigenvalue weighted by atomic mass is 19.2. The van der Waals surface area contributed by atoms with Crippen molar-refractivity contribution in [1.29, 1.82) is 0 Å². The lowest BCUT2D eigenvalue weighted by molar-refractivity contribution is 0.0617. The molecule has 0 saturated carbocycles. The molecule has 1 aromatic heterocycles. The Morgan fingerprint density at radius 3 is 2.50 bits per heavy atom. The van der Waals surface area contributed by atoms with Crippen LogP contribution in [-0.4, -0.2) is 47.0 Å². The molecule has 0 spiro atoms. The Balaban J connectivity index is 1.37. The molecule has 1 fully saturated rings. The zero-order valence-electron chi connectivity index (χ0n) is 15.1. The average molecular weight is 383 g/mol. The van der Waals surface area contributed by atoms with Gasteiger partial charge in [-0.3, -0.25) is 9.69 Å². The summed E-state index contributed by atoms with van der Waals surface area (Å²) in [7, 11) is 0. The van der Waals surface area contributed by atoms with Gasteiger partial charge in [-0.25, -0.2) is 8.78 Å². The Morgan fingerprint density at radius 2 is 1.75 bits per heavy atom. The molecule has 7 heteroatoms. The number of aromatic nitrogens is 1. The molecule has 1 aliphatic rings. The molecular formula is C21H19F2N3O2. The lowest BCUT2D eigenvalue weighted by Crippen LogP contribution is -2.48. The number of hydrogen-bond donors (Lipinski definition) is 0. The Hall–Kier alpha value is -3.06. The molecule has 144 valence electrons. The molecule has 0 aliphatic carbocycles. The smallest absolute Gasteiger partial charge is 0.276 e. The molecule has 0 unspecified atom stereocenters. The third-order valence-corrected chi connectivity index (χ3v) is 4.87. The van der Waals surface area contributed by atoms with E-state index in [9.17, 15) is 13.6 Å². The maximum atomic E-state index is 13.8. The first-order chi connectivity index (χ1) is 13.6. The first-order valence-electron chi connectivity index (χ1n) is 9.08. The number of piperazine rings is 1. The molecule has 1 aliphatic heterocycles. The summed E-state index contributed by atoms with van der Waals surface area (Å²) in [6.07, 6.45) is 0. The molecule has 0 N–H and O–H groups in total. The maximum absolute atomic E-state index is 13.8. The van der Waals surface area contributed by atoms with Gasteiger partial charge in [-0.2, -0.15) is 0 Å². The lowest BCUT2D eigenvalue weighted by Gasteiger charge is -2.34. The predicted molar refractivity (Wildman–Crippen MR) is 99.5 cm³/mol. The summed E-state index contributed by atoms with van der Waals surface area (Å²) < 4.78 is 32.5. The first kappa shape index (κ1) is 18.3. The van der Waals surface area contributed by atoms with E-state index in [0.717, 1.165) is 11.6 Å². The number of halogens is 2. The van der Waals surface area contributed by atoms with Gasteiger partial charge in [-0.1, -0.05) is 47.6 Å². The second-order valence-electron chi connectivity index (χ2n) is 6.72. The molecule has 0 atom stereocenters. The van der Waals surface area contributed by atoms with Crippen LogP contribution in [0.25, 0.3) is 11.3 Å². The number of benzene rings is 2. The molecular weight excluding hydrogens is 364 g/mol. The molecule has 3 aromatic rings. The summed E-state index contributed by atoms with van der Waals surface area (Å²) in [5.41, 5.74) is 1.45. The van der Waals surface area contributed by atoms with Gasteiger partial charge >= 0.3 is 0 Å². The summed E-state index contributed by atoms with van der Waals surface area (Å²) in [5.74, 6) is -1.30. The van der Waals surface area contributed by atoms with Gasteiger partial charge in [0.1, 0.15) is 0 Å². The van der Waals surface area contributed by atoms with E-state index in [0.29, 0.717) is 44.0 Å². The first-order valence-corrected chi connectivity index (χ1v) is 9.08. The Kier molecular flexibility index (Phi) is 5.16. The number of rotatable bonds is 4. The maximum Gasteiger partial charge on any atom is 0.276 e. The second-order valence-corrected chi connectivity index (χ2v) is 6.72. The molecule has 0 radical (unpaired) electrons. The zero-order valence-corrected chi connectivity index (χ0v) is 15.1. The highest BCUT2D eigenvalue weighted by Gasteiger charge is 2.25. The third kappa shape index (κ3) is 3.80. The van der Waals surface area contributed by atoms with Gasteiger partial charge in [0.25, 0.3) is 5.91 Å². The van der Waals surface area contributed by atoms with Gasteiger partial charge in [0.15, 0.2) is 23.1 Å². The Morgan fingerprint density at radius 1 is 1.00 bits per heavy atom. The number of nitrogens with zero attached hydrogens (tertiary/aromatic N) is 3. The predicted octanol–water partition coefficient (Wildman–Crippen LogP) is 3.58. The van der Waals surface area contributed by atoms with E-state index in [1.54, 1.807) is 17.0 Å². The minimum absolute atomic E-state index is 0.192. The molecule has 2 heterocycles. The quantitative estimate of drug-likeness (QED) is 0.691. The van der Waals surface area contributed by atoms with Gasteiger partial charge in [0.2, 0.25) is 0 Å². The van der Waals surface area contributed by atoms with E-state index in [-0.39, 0.29) is 11.6 Å². The van der Waals surface area contributed by atoms with E-state index in [1.165, 1.54) is 6.07 Å². The fourth-order valence-electron chi connectivity index (χ4n) is 3.30. The van der Waals surface area contributed by atoms with Crippen LogP contribution >= 0.6 is 0 Å². The molecule has 28 heavy (non-hydrogen) atoms. The summed E-state index contributed by atoms with van der Waals surface area (Å²) in [6.45, 7) is 2.44. The van der Waals surface area contributed by atoms with Crippen molar-refractivity contribution in [2.45, 2.75) is 6.54 Å². The van der Waals surface area contributed by atoms with E-state index in [2.05, 4.69) is 5.16 Å². The van der Waals surface area contributed by atoms with Crippen molar-refractivity contribution in [2.24, 2.45) is 0 Å². The van der Waals surface area contributed by atoms with Crippen molar-refractivity contribution in [2.75, 3.05) is 26.2 Å². The third-order valence-electron chi connectivity index (χ3n) is 4.87. The molecule has 1 amide bonds. The number of carbonyl (C=O) groups excluding carboxylic acids is 1. The fourth-order valence-corrected chi connectivity index (χ4v) is 3.30. The average Bonchev–Trinajstić information content (AvgIpc) is 3.22. The van der Waals surface area contributed by atoms with Gasteiger partial charge in [-0.05, 0) is 6.07 Å². The number of amides is 1. The van der Waals surface area contributed by atoms with Crippen LogP contribution < -0.4 is 0 Å². The van der Waals surface area contributed by atoms with Crippen LogP contribution in [0.3, 0.4) is 0 Å². The van der Waals surface area contributed by atoms with Crippen molar-refractivity contribution >= 4 is 5.91 Å². The summed E-state index contributed by atoms with van der Waals surface area (Å²) >= 11 is 0. The van der Waals surface area contributed by atoms with E-state index >= 15 is 0 Å².